The van der Waals surface area contributed by atoms with E-state index in [2.05, 4.69) is 39.8 Å². The molecule has 0 amide bonds. The summed E-state index contributed by atoms with van der Waals surface area (Å²) in [5, 5.41) is 22.1. The molecule has 0 saturated heterocycles. The van der Waals surface area contributed by atoms with Crippen molar-refractivity contribution < 1.29 is 9.66 Å². The summed E-state index contributed by atoms with van der Waals surface area (Å²) in [4.78, 5) is 19.9. The normalized spacial score (nSPS) is 11.9. The molecule has 4 rings (SSSR count). The van der Waals surface area contributed by atoms with Crippen LogP contribution in [-0.4, -0.2) is 44.3 Å². The van der Waals surface area contributed by atoms with Crippen LogP contribution in [0.2, 0.25) is 25.7 Å². The average Bonchev–Trinajstić information content (AvgIpc) is 3.34. The Morgan fingerprint density at radius 3 is 2.72 bits per heavy atom. The van der Waals surface area contributed by atoms with E-state index >= 15 is 0 Å². The molecule has 0 spiro atoms. The van der Waals surface area contributed by atoms with E-state index in [4.69, 9.17) is 4.74 Å². The number of fused-ring (bicyclic) bond motifs is 1. The Bertz CT molecular complexity index is 1280. The molecule has 0 saturated carbocycles. The van der Waals surface area contributed by atoms with Crippen molar-refractivity contribution in [2.24, 2.45) is 0 Å². The van der Waals surface area contributed by atoms with E-state index < -0.39 is 13.0 Å². The van der Waals surface area contributed by atoms with Gasteiger partial charge in [0, 0.05) is 44.1 Å². The van der Waals surface area contributed by atoms with Crippen LogP contribution in [0.15, 0.2) is 36.8 Å². The molecule has 166 valence electrons. The maximum atomic E-state index is 11.3. The van der Waals surface area contributed by atoms with Crippen molar-refractivity contribution >= 4 is 36.1 Å². The number of nitrogens with zero attached hydrogens (tertiary/aromatic N) is 6. The van der Waals surface area contributed by atoms with E-state index in [1.807, 2.05) is 23.8 Å². The van der Waals surface area contributed by atoms with Gasteiger partial charge in [0.2, 0.25) is 0 Å². The Balaban J connectivity index is 1.81. The van der Waals surface area contributed by atoms with Gasteiger partial charge < -0.3 is 9.30 Å². The molecule has 0 aliphatic carbocycles. The van der Waals surface area contributed by atoms with E-state index in [9.17, 15) is 10.1 Å². The van der Waals surface area contributed by atoms with Crippen LogP contribution < -0.4 is 0 Å². The Morgan fingerprint density at radius 1 is 1.22 bits per heavy atom. The summed E-state index contributed by atoms with van der Waals surface area (Å²) in [6.07, 6.45) is 3.43. The van der Waals surface area contributed by atoms with Gasteiger partial charge >= 0.3 is 0 Å². The molecule has 0 radical (unpaired) electrons. The van der Waals surface area contributed by atoms with Crippen molar-refractivity contribution in [3.63, 3.8) is 0 Å². The molecule has 3 aromatic heterocycles. The van der Waals surface area contributed by atoms with Crippen molar-refractivity contribution in [3.05, 3.63) is 51.9 Å². The average molecular weight is 469 g/mol. The van der Waals surface area contributed by atoms with Crippen LogP contribution in [0.25, 0.3) is 32.9 Å². The lowest BCUT2D eigenvalue weighted by molar-refractivity contribution is -0.384. The molecule has 0 aliphatic heterocycles. The summed E-state index contributed by atoms with van der Waals surface area (Å²) in [7, 11) is -1.19. The van der Waals surface area contributed by atoms with Crippen LogP contribution in [0.5, 0.6) is 0 Å². The number of non-ortho nitro benzene ring substituents is 1. The third-order valence-electron chi connectivity index (χ3n) is 4.97. The van der Waals surface area contributed by atoms with Crippen molar-refractivity contribution in [1.82, 2.24) is 24.7 Å². The molecular weight excluding hydrogens is 444 g/mol. The van der Waals surface area contributed by atoms with Gasteiger partial charge in [-0.05, 0) is 13.0 Å². The molecule has 11 heteroatoms. The fourth-order valence-electron chi connectivity index (χ4n) is 3.32. The fourth-order valence-corrected chi connectivity index (χ4v) is 4.78. The van der Waals surface area contributed by atoms with E-state index in [-0.39, 0.29) is 5.69 Å². The molecule has 3 heterocycles. The SMILES string of the molecule is Cc1nnc(-c2cn(COCC[Si](C)(C)C)c3ncnc(-c4cccc([N+](=O)[O-])c4)c23)s1. The van der Waals surface area contributed by atoms with E-state index in [0.717, 1.165) is 27.0 Å². The first kappa shape index (κ1) is 22.2. The first-order valence-corrected chi connectivity index (χ1v) is 14.7. The highest BCUT2D eigenvalue weighted by Gasteiger charge is 2.21. The molecule has 32 heavy (non-hydrogen) atoms. The summed E-state index contributed by atoms with van der Waals surface area (Å²) >= 11 is 1.48. The molecular formula is C21H24N6O3SSi. The third kappa shape index (κ3) is 4.74. The van der Waals surface area contributed by atoms with Crippen LogP contribution >= 0.6 is 11.3 Å². The Hall–Kier alpha value is -3.02. The molecule has 0 N–H and O–H groups in total. The summed E-state index contributed by atoms with van der Waals surface area (Å²) in [6.45, 7) is 9.88. The van der Waals surface area contributed by atoms with Crippen LogP contribution in [0.3, 0.4) is 0 Å². The quantitative estimate of drug-likeness (QED) is 0.152. The standard InChI is InChI=1S/C21H24N6O3SSi/c1-14-24-25-21(31-14)17-11-26(13-30-8-9-32(2,3)4)20-18(17)19(22-12-23-20)15-6-5-7-16(10-15)27(28)29/h5-7,10-12H,8-9,13H2,1-4H3. The van der Waals surface area contributed by atoms with Crippen LogP contribution in [0, 0.1) is 17.0 Å². The maximum absolute atomic E-state index is 11.3. The number of benzene rings is 1. The Labute approximate surface area is 190 Å². The lowest BCUT2D eigenvalue weighted by Gasteiger charge is -2.15. The lowest BCUT2D eigenvalue weighted by Crippen LogP contribution is -2.22. The van der Waals surface area contributed by atoms with Gasteiger partial charge in [0.1, 0.15) is 28.7 Å². The fraction of sp³-hybridized carbons (Fsp3) is 0.333. The summed E-state index contributed by atoms with van der Waals surface area (Å²) in [5.74, 6) is 0. The minimum Gasteiger partial charge on any atom is -0.361 e. The Morgan fingerprint density at radius 2 is 2.03 bits per heavy atom. The number of rotatable bonds is 8. The van der Waals surface area contributed by atoms with Crippen LogP contribution in [0.1, 0.15) is 5.01 Å². The predicted molar refractivity (Wildman–Crippen MR) is 127 cm³/mol. The van der Waals surface area contributed by atoms with Gasteiger partial charge in [-0.25, -0.2) is 9.97 Å². The van der Waals surface area contributed by atoms with Crippen molar-refractivity contribution in [2.45, 2.75) is 39.3 Å². The molecule has 0 aliphatic rings. The zero-order valence-corrected chi connectivity index (χ0v) is 20.2. The highest BCUT2D eigenvalue weighted by molar-refractivity contribution is 7.14. The maximum Gasteiger partial charge on any atom is 0.270 e. The van der Waals surface area contributed by atoms with E-state index in [0.29, 0.717) is 30.2 Å². The topological polar surface area (TPSA) is 109 Å². The number of hydrogen-bond acceptors (Lipinski definition) is 8. The zero-order valence-electron chi connectivity index (χ0n) is 18.4. The number of aromatic nitrogens is 5. The first-order chi connectivity index (χ1) is 15.2. The van der Waals surface area contributed by atoms with Gasteiger partial charge in [-0.15, -0.1) is 10.2 Å². The van der Waals surface area contributed by atoms with Gasteiger partial charge in [-0.1, -0.05) is 43.1 Å². The second-order valence-corrected chi connectivity index (χ2v) is 15.5. The van der Waals surface area contributed by atoms with Gasteiger partial charge in [0.05, 0.1) is 16.0 Å². The van der Waals surface area contributed by atoms with Crippen molar-refractivity contribution in [3.8, 4) is 21.8 Å². The zero-order chi connectivity index (χ0) is 22.9. The Kier molecular flexibility index (Phi) is 6.13. The number of nitro benzene ring substituents is 1. The van der Waals surface area contributed by atoms with Crippen LogP contribution in [-0.2, 0) is 11.5 Å². The lowest BCUT2D eigenvalue weighted by atomic mass is 10.1. The minimum absolute atomic E-state index is 0.0108. The van der Waals surface area contributed by atoms with Gasteiger partial charge in [0.15, 0.2) is 0 Å². The smallest absolute Gasteiger partial charge is 0.270 e. The minimum atomic E-state index is -1.19. The first-order valence-electron chi connectivity index (χ1n) is 10.2. The second kappa shape index (κ2) is 8.85. The monoisotopic (exact) mass is 468 g/mol. The molecule has 4 aromatic rings. The van der Waals surface area contributed by atoms with Crippen LogP contribution in [0.4, 0.5) is 5.69 Å². The van der Waals surface area contributed by atoms with Gasteiger partial charge in [0.25, 0.3) is 5.69 Å². The number of aryl methyl sites for hydroxylation is 1. The number of hydrogen-bond donors (Lipinski definition) is 0. The molecule has 0 fully saturated rings. The molecule has 0 atom stereocenters. The molecule has 0 bridgehead atoms. The third-order valence-corrected chi connectivity index (χ3v) is 7.54. The predicted octanol–water partition coefficient (Wildman–Crippen LogP) is 5.15. The highest BCUT2D eigenvalue weighted by Crippen LogP contribution is 2.37. The summed E-state index contributed by atoms with van der Waals surface area (Å²) in [6, 6.07) is 7.54. The van der Waals surface area contributed by atoms with E-state index in [1.165, 1.54) is 29.8 Å². The molecule has 1 aromatic carbocycles. The number of ether oxygens (including phenoxy) is 1. The summed E-state index contributed by atoms with van der Waals surface area (Å²) < 4.78 is 7.91. The van der Waals surface area contributed by atoms with E-state index in [1.54, 1.807) is 6.07 Å². The molecule has 9 nitrogen and oxygen atoms in total. The second-order valence-electron chi connectivity index (χ2n) is 8.72. The molecule has 0 unspecified atom stereocenters. The summed E-state index contributed by atoms with van der Waals surface area (Å²) in [5.41, 5.74) is 2.80. The van der Waals surface area contributed by atoms with Crippen molar-refractivity contribution in [1.29, 1.82) is 0 Å². The van der Waals surface area contributed by atoms with Crippen molar-refractivity contribution in [2.75, 3.05) is 6.61 Å². The number of nitro groups is 1. The van der Waals surface area contributed by atoms with Gasteiger partial charge in [-0.3, -0.25) is 10.1 Å². The van der Waals surface area contributed by atoms with Gasteiger partial charge in [-0.2, -0.15) is 0 Å². The highest BCUT2D eigenvalue weighted by atomic mass is 32.1. The largest absolute Gasteiger partial charge is 0.361 e.